The number of likely N-dealkylation sites (N-methyl/N-ethyl adjacent to an activating group) is 1. The summed E-state index contributed by atoms with van der Waals surface area (Å²) in [6.07, 6.45) is 2.94. The molecule has 1 aromatic carbocycles. The molecule has 2 aliphatic heterocycles. The number of hydrogen-bond donors (Lipinski definition) is 0. The maximum atomic E-state index is 11.8. The van der Waals surface area contributed by atoms with Gasteiger partial charge in [-0.15, -0.1) is 0 Å². The van der Waals surface area contributed by atoms with Crippen LogP contribution in [-0.2, 0) is 16.0 Å². The number of fused-ring (bicyclic) bond motifs is 1. The largest absolute Gasteiger partial charge is 0.466 e. The van der Waals surface area contributed by atoms with Crippen molar-refractivity contribution >= 4 is 17.3 Å². The van der Waals surface area contributed by atoms with E-state index in [1.165, 1.54) is 16.9 Å². The molecule has 4 heteroatoms. The summed E-state index contributed by atoms with van der Waals surface area (Å²) in [6, 6.07) is 6.77. The summed E-state index contributed by atoms with van der Waals surface area (Å²) >= 11 is 0. The van der Waals surface area contributed by atoms with E-state index in [0.717, 1.165) is 38.9 Å². The molecule has 0 unspecified atom stereocenters. The molecule has 2 aliphatic rings. The first kappa shape index (κ1) is 14.2. The van der Waals surface area contributed by atoms with Crippen molar-refractivity contribution < 1.29 is 9.53 Å². The zero-order valence-corrected chi connectivity index (χ0v) is 13.0. The fourth-order valence-electron chi connectivity index (χ4n) is 3.38. The van der Waals surface area contributed by atoms with Crippen LogP contribution in [-0.4, -0.2) is 39.3 Å². The van der Waals surface area contributed by atoms with Gasteiger partial charge in [-0.2, -0.15) is 0 Å². The van der Waals surface area contributed by atoms with Crippen LogP contribution in [0.2, 0.25) is 0 Å². The van der Waals surface area contributed by atoms with E-state index in [1.807, 2.05) is 6.92 Å². The van der Waals surface area contributed by atoms with Gasteiger partial charge < -0.3 is 14.5 Å². The summed E-state index contributed by atoms with van der Waals surface area (Å²) in [4.78, 5) is 16.5. The molecule has 21 heavy (non-hydrogen) atoms. The summed E-state index contributed by atoms with van der Waals surface area (Å²) in [5, 5.41) is 0. The molecule has 3 rings (SSSR count). The molecule has 0 amide bonds. The van der Waals surface area contributed by atoms with E-state index < -0.39 is 0 Å². The zero-order valence-electron chi connectivity index (χ0n) is 13.0. The SMILES string of the molecule is CCOC(=O)C1CCN(c2ccc3c(c2)CCN3C)CC1. The van der Waals surface area contributed by atoms with Crippen LogP contribution < -0.4 is 9.80 Å². The van der Waals surface area contributed by atoms with E-state index in [2.05, 4.69) is 35.0 Å². The molecule has 0 aliphatic carbocycles. The van der Waals surface area contributed by atoms with Crippen molar-refractivity contribution in [2.75, 3.05) is 43.1 Å². The highest BCUT2D eigenvalue weighted by atomic mass is 16.5. The number of rotatable bonds is 3. The van der Waals surface area contributed by atoms with Crippen LogP contribution in [0.5, 0.6) is 0 Å². The maximum Gasteiger partial charge on any atom is 0.309 e. The lowest BCUT2D eigenvalue weighted by Gasteiger charge is -2.33. The Morgan fingerprint density at radius 2 is 2.05 bits per heavy atom. The molecule has 1 fully saturated rings. The van der Waals surface area contributed by atoms with E-state index in [0.29, 0.717) is 6.61 Å². The molecule has 114 valence electrons. The van der Waals surface area contributed by atoms with Gasteiger partial charge in [0.05, 0.1) is 12.5 Å². The predicted molar refractivity (Wildman–Crippen MR) is 85.0 cm³/mol. The minimum Gasteiger partial charge on any atom is -0.466 e. The van der Waals surface area contributed by atoms with Crippen LogP contribution in [0.4, 0.5) is 11.4 Å². The fourth-order valence-corrected chi connectivity index (χ4v) is 3.38. The normalized spacial score (nSPS) is 18.8. The summed E-state index contributed by atoms with van der Waals surface area (Å²) < 4.78 is 5.13. The summed E-state index contributed by atoms with van der Waals surface area (Å²) in [5.41, 5.74) is 4.11. The highest BCUT2D eigenvalue weighted by molar-refractivity contribution is 5.73. The number of carbonyl (C=O) groups excluding carboxylic acids is 1. The average Bonchev–Trinajstić information content (AvgIpc) is 2.88. The number of ether oxygens (including phenoxy) is 1. The van der Waals surface area contributed by atoms with Gasteiger partial charge in [-0.25, -0.2) is 0 Å². The van der Waals surface area contributed by atoms with Crippen LogP contribution in [0.15, 0.2) is 18.2 Å². The lowest BCUT2D eigenvalue weighted by Crippen LogP contribution is -2.37. The highest BCUT2D eigenvalue weighted by Crippen LogP contribution is 2.32. The van der Waals surface area contributed by atoms with Gasteiger partial charge in [-0.3, -0.25) is 4.79 Å². The number of carbonyl (C=O) groups is 1. The second kappa shape index (κ2) is 5.96. The predicted octanol–water partition coefficient (Wildman–Crippen LogP) is 2.46. The van der Waals surface area contributed by atoms with E-state index >= 15 is 0 Å². The second-order valence-corrected chi connectivity index (χ2v) is 6.00. The topological polar surface area (TPSA) is 32.8 Å². The van der Waals surface area contributed by atoms with E-state index in [-0.39, 0.29) is 11.9 Å². The number of anilines is 2. The maximum absolute atomic E-state index is 11.8. The first-order chi connectivity index (χ1) is 10.2. The number of piperidine rings is 1. The Hall–Kier alpha value is -1.71. The second-order valence-electron chi connectivity index (χ2n) is 6.00. The van der Waals surface area contributed by atoms with Gasteiger partial charge >= 0.3 is 5.97 Å². The van der Waals surface area contributed by atoms with Crippen molar-refractivity contribution in [2.24, 2.45) is 5.92 Å². The van der Waals surface area contributed by atoms with Gasteiger partial charge in [0.1, 0.15) is 0 Å². The Morgan fingerprint density at radius 1 is 1.29 bits per heavy atom. The third-order valence-corrected chi connectivity index (χ3v) is 4.67. The molecular formula is C17H24N2O2. The molecule has 0 atom stereocenters. The molecule has 0 radical (unpaired) electrons. The Kier molecular flexibility index (Phi) is 4.04. The number of esters is 1. The zero-order chi connectivity index (χ0) is 14.8. The average molecular weight is 288 g/mol. The number of benzene rings is 1. The minimum absolute atomic E-state index is 0.0206. The quantitative estimate of drug-likeness (QED) is 0.800. The summed E-state index contributed by atoms with van der Waals surface area (Å²) in [6.45, 7) is 5.35. The Bertz CT molecular complexity index is 522. The molecule has 1 aromatic rings. The van der Waals surface area contributed by atoms with Gasteiger partial charge in [0.15, 0.2) is 0 Å². The Balaban J connectivity index is 1.64. The van der Waals surface area contributed by atoms with Crippen LogP contribution in [0.25, 0.3) is 0 Å². The molecule has 0 bridgehead atoms. The van der Waals surface area contributed by atoms with Gasteiger partial charge in [0.25, 0.3) is 0 Å². The van der Waals surface area contributed by atoms with Crippen molar-refractivity contribution in [1.29, 1.82) is 0 Å². The molecule has 0 spiro atoms. The van der Waals surface area contributed by atoms with E-state index in [9.17, 15) is 4.79 Å². The van der Waals surface area contributed by atoms with E-state index in [1.54, 1.807) is 0 Å². The fraction of sp³-hybridized carbons (Fsp3) is 0.588. The van der Waals surface area contributed by atoms with Gasteiger partial charge in [-0.1, -0.05) is 0 Å². The number of nitrogens with zero attached hydrogens (tertiary/aromatic N) is 2. The Morgan fingerprint density at radius 3 is 2.76 bits per heavy atom. The highest BCUT2D eigenvalue weighted by Gasteiger charge is 2.26. The van der Waals surface area contributed by atoms with E-state index in [4.69, 9.17) is 4.74 Å². The molecule has 0 N–H and O–H groups in total. The van der Waals surface area contributed by atoms with Crippen molar-refractivity contribution in [3.05, 3.63) is 23.8 Å². The van der Waals surface area contributed by atoms with Crippen LogP contribution in [0.1, 0.15) is 25.3 Å². The number of hydrogen-bond acceptors (Lipinski definition) is 4. The van der Waals surface area contributed by atoms with Crippen molar-refractivity contribution in [3.8, 4) is 0 Å². The van der Waals surface area contributed by atoms with Crippen LogP contribution >= 0.6 is 0 Å². The van der Waals surface area contributed by atoms with Crippen molar-refractivity contribution in [1.82, 2.24) is 0 Å². The first-order valence-corrected chi connectivity index (χ1v) is 7.94. The van der Waals surface area contributed by atoms with Gasteiger partial charge in [-0.05, 0) is 49.9 Å². The van der Waals surface area contributed by atoms with Crippen molar-refractivity contribution in [3.63, 3.8) is 0 Å². The molecule has 0 aromatic heterocycles. The monoisotopic (exact) mass is 288 g/mol. The molecule has 4 nitrogen and oxygen atoms in total. The lowest BCUT2D eigenvalue weighted by molar-refractivity contribution is -0.148. The van der Waals surface area contributed by atoms with Gasteiger partial charge in [0.2, 0.25) is 0 Å². The third kappa shape index (κ3) is 2.85. The van der Waals surface area contributed by atoms with Gasteiger partial charge in [0, 0.05) is 38.1 Å². The van der Waals surface area contributed by atoms with Crippen LogP contribution in [0, 0.1) is 5.92 Å². The first-order valence-electron chi connectivity index (χ1n) is 7.94. The summed E-state index contributed by atoms with van der Waals surface area (Å²) in [5.74, 6) is 0.0643. The molecule has 1 saturated heterocycles. The standard InChI is InChI=1S/C17H24N2O2/c1-3-21-17(20)13-7-10-19(11-8-13)15-4-5-16-14(12-15)6-9-18(16)2/h4-5,12-13H,3,6-11H2,1-2H3. The smallest absolute Gasteiger partial charge is 0.309 e. The molecular weight excluding hydrogens is 264 g/mol. The third-order valence-electron chi connectivity index (χ3n) is 4.67. The molecule has 0 saturated carbocycles. The van der Waals surface area contributed by atoms with Crippen LogP contribution in [0.3, 0.4) is 0 Å². The minimum atomic E-state index is -0.0206. The van der Waals surface area contributed by atoms with Crippen molar-refractivity contribution in [2.45, 2.75) is 26.2 Å². The Labute approximate surface area is 126 Å². The lowest BCUT2D eigenvalue weighted by atomic mass is 9.96. The molecule has 2 heterocycles. The summed E-state index contributed by atoms with van der Waals surface area (Å²) in [7, 11) is 2.15.